The quantitative estimate of drug-likeness (QED) is 0.765. The van der Waals surface area contributed by atoms with Crippen LogP contribution in [0.15, 0.2) is 24.3 Å². The van der Waals surface area contributed by atoms with E-state index in [1.54, 1.807) is 7.05 Å². The second kappa shape index (κ2) is 6.52. The van der Waals surface area contributed by atoms with E-state index in [2.05, 4.69) is 22.9 Å². The van der Waals surface area contributed by atoms with Crippen molar-refractivity contribution in [2.75, 3.05) is 18.9 Å². The van der Waals surface area contributed by atoms with Gasteiger partial charge >= 0.3 is 0 Å². The lowest BCUT2D eigenvalue weighted by Crippen LogP contribution is -2.39. The fourth-order valence-corrected chi connectivity index (χ4v) is 2.39. The average molecular weight is 275 g/mol. The van der Waals surface area contributed by atoms with E-state index in [1.807, 2.05) is 24.3 Å². The normalized spacial score (nSPS) is 21.5. The summed E-state index contributed by atoms with van der Waals surface area (Å²) in [6.07, 6.45) is 1.38. The van der Waals surface area contributed by atoms with Gasteiger partial charge in [-0.05, 0) is 36.6 Å². The molecule has 1 fully saturated rings. The molecule has 1 aliphatic heterocycles. The first kappa shape index (κ1) is 14.5. The smallest absolute Gasteiger partial charge is 0.241 e. The van der Waals surface area contributed by atoms with Gasteiger partial charge in [0.25, 0.3) is 0 Å². The summed E-state index contributed by atoms with van der Waals surface area (Å²) in [6.45, 7) is 2.97. The Morgan fingerprint density at radius 3 is 2.55 bits per heavy atom. The third-order valence-corrected chi connectivity index (χ3v) is 3.68. The summed E-state index contributed by atoms with van der Waals surface area (Å²) in [5, 5.41) is 8.70. The molecule has 0 aliphatic carbocycles. The molecular weight excluding hydrogens is 254 g/mol. The first-order valence-corrected chi connectivity index (χ1v) is 6.94. The lowest BCUT2D eigenvalue weighted by Gasteiger charge is -2.15. The highest BCUT2D eigenvalue weighted by molar-refractivity contribution is 5.95. The Hall–Kier alpha value is -1.88. The standard InChI is InChI=1S/C15H21N3O2/c1-10-7-8-17-14(10)15(20)18-12-5-3-11(4-6-12)9-13(19)16-2/h3-6,10,14,17H,7-9H2,1-2H3,(H,16,19)(H,18,20). The molecule has 0 bridgehead atoms. The van der Waals surface area contributed by atoms with Crippen molar-refractivity contribution in [1.82, 2.24) is 10.6 Å². The number of benzene rings is 1. The highest BCUT2D eigenvalue weighted by Crippen LogP contribution is 2.17. The van der Waals surface area contributed by atoms with Crippen molar-refractivity contribution in [3.63, 3.8) is 0 Å². The van der Waals surface area contributed by atoms with Crippen LogP contribution in [0.1, 0.15) is 18.9 Å². The van der Waals surface area contributed by atoms with Gasteiger partial charge in [0.1, 0.15) is 0 Å². The topological polar surface area (TPSA) is 70.2 Å². The van der Waals surface area contributed by atoms with Gasteiger partial charge in [-0.2, -0.15) is 0 Å². The van der Waals surface area contributed by atoms with E-state index >= 15 is 0 Å². The largest absolute Gasteiger partial charge is 0.359 e. The van der Waals surface area contributed by atoms with E-state index in [0.717, 1.165) is 24.2 Å². The van der Waals surface area contributed by atoms with Crippen molar-refractivity contribution >= 4 is 17.5 Å². The van der Waals surface area contributed by atoms with Crippen LogP contribution < -0.4 is 16.0 Å². The first-order valence-electron chi connectivity index (χ1n) is 6.94. The van der Waals surface area contributed by atoms with Gasteiger partial charge in [-0.1, -0.05) is 19.1 Å². The number of amides is 2. The molecule has 0 spiro atoms. The number of likely N-dealkylation sites (N-methyl/N-ethyl adjacent to an activating group) is 1. The number of hydrogen-bond acceptors (Lipinski definition) is 3. The van der Waals surface area contributed by atoms with Gasteiger partial charge in [0.2, 0.25) is 11.8 Å². The summed E-state index contributed by atoms with van der Waals surface area (Å²) in [7, 11) is 1.62. The van der Waals surface area contributed by atoms with Crippen LogP contribution >= 0.6 is 0 Å². The summed E-state index contributed by atoms with van der Waals surface area (Å²) in [5.74, 6) is 0.349. The predicted octanol–water partition coefficient (Wildman–Crippen LogP) is 0.912. The molecule has 5 heteroatoms. The highest BCUT2D eigenvalue weighted by Gasteiger charge is 2.29. The molecule has 1 aromatic rings. The highest BCUT2D eigenvalue weighted by atomic mass is 16.2. The van der Waals surface area contributed by atoms with E-state index in [1.165, 1.54) is 0 Å². The Balaban J connectivity index is 1.93. The fraction of sp³-hybridized carbons (Fsp3) is 0.467. The molecule has 5 nitrogen and oxygen atoms in total. The summed E-state index contributed by atoms with van der Waals surface area (Å²) in [5.41, 5.74) is 1.69. The number of carbonyl (C=O) groups excluding carboxylic acids is 2. The molecule has 2 amide bonds. The van der Waals surface area contributed by atoms with Crippen molar-refractivity contribution in [2.45, 2.75) is 25.8 Å². The maximum atomic E-state index is 12.1. The summed E-state index contributed by atoms with van der Waals surface area (Å²) >= 11 is 0. The van der Waals surface area contributed by atoms with Crippen LogP contribution in [-0.2, 0) is 16.0 Å². The maximum Gasteiger partial charge on any atom is 0.241 e. The van der Waals surface area contributed by atoms with E-state index in [-0.39, 0.29) is 17.9 Å². The van der Waals surface area contributed by atoms with Gasteiger partial charge in [-0.25, -0.2) is 0 Å². The average Bonchev–Trinajstić information content (AvgIpc) is 2.87. The summed E-state index contributed by atoms with van der Waals surface area (Å²) < 4.78 is 0. The number of anilines is 1. The monoisotopic (exact) mass is 275 g/mol. The zero-order chi connectivity index (χ0) is 14.5. The van der Waals surface area contributed by atoms with Gasteiger partial charge in [-0.15, -0.1) is 0 Å². The van der Waals surface area contributed by atoms with Gasteiger partial charge < -0.3 is 16.0 Å². The third-order valence-electron chi connectivity index (χ3n) is 3.68. The molecule has 1 aliphatic rings. The lowest BCUT2D eigenvalue weighted by molar-refractivity contribution is -0.120. The number of rotatable bonds is 4. The molecule has 0 saturated carbocycles. The van der Waals surface area contributed by atoms with Crippen molar-refractivity contribution in [3.8, 4) is 0 Å². The van der Waals surface area contributed by atoms with Crippen LogP contribution in [0.5, 0.6) is 0 Å². The molecule has 2 unspecified atom stereocenters. The molecule has 0 aromatic heterocycles. The minimum absolute atomic E-state index is 0.00838. The Labute approximate surface area is 119 Å². The summed E-state index contributed by atoms with van der Waals surface area (Å²) in [6, 6.07) is 7.26. The van der Waals surface area contributed by atoms with Crippen LogP contribution in [0, 0.1) is 5.92 Å². The second-order valence-corrected chi connectivity index (χ2v) is 5.23. The van der Waals surface area contributed by atoms with E-state index in [0.29, 0.717) is 12.3 Å². The Morgan fingerprint density at radius 1 is 1.30 bits per heavy atom. The fourth-order valence-electron chi connectivity index (χ4n) is 2.39. The third kappa shape index (κ3) is 3.57. The Morgan fingerprint density at radius 2 is 2.00 bits per heavy atom. The van der Waals surface area contributed by atoms with E-state index in [9.17, 15) is 9.59 Å². The summed E-state index contributed by atoms with van der Waals surface area (Å²) in [4.78, 5) is 23.4. The van der Waals surface area contributed by atoms with Crippen molar-refractivity contribution in [2.24, 2.45) is 5.92 Å². The van der Waals surface area contributed by atoms with Crippen molar-refractivity contribution < 1.29 is 9.59 Å². The van der Waals surface area contributed by atoms with Gasteiger partial charge in [-0.3, -0.25) is 9.59 Å². The molecule has 0 radical (unpaired) electrons. The molecule has 1 heterocycles. The second-order valence-electron chi connectivity index (χ2n) is 5.23. The number of hydrogen-bond donors (Lipinski definition) is 3. The number of nitrogens with one attached hydrogen (secondary N) is 3. The molecule has 1 aromatic carbocycles. The molecule has 20 heavy (non-hydrogen) atoms. The predicted molar refractivity (Wildman–Crippen MR) is 78.4 cm³/mol. The van der Waals surface area contributed by atoms with Crippen LogP contribution in [0.2, 0.25) is 0 Å². The van der Waals surface area contributed by atoms with Crippen LogP contribution in [0.3, 0.4) is 0 Å². The minimum Gasteiger partial charge on any atom is -0.359 e. The van der Waals surface area contributed by atoms with Gasteiger partial charge in [0, 0.05) is 12.7 Å². The lowest BCUT2D eigenvalue weighted by atomic mass is 10.0. The Kier molecular flexibility index (Phi) is 4.74. The minimum atomic E-state index is -0.111. The Bertz CT molecular complexity index is 484. The SMILES string of the molecule is CNC(=O)Cc1ccc(NC(=O)C2NCCC2C)cc1. The first-order chi connectivity index (χ1) is 9.60. The van der Waals surface area contributed by atoms with E-state index in [4.69, 9.17) is 0 Å². The van der Waals surface area contributed by atoms with Crippen LogP contribution in [0.25, 0.3) is 0 Å². The van der Waals surface area contributed by atoms with Crippen LogP contribution in [0.4, 0.5) is 5.69 Å². The maximum absolute atomic E-state index is 12.1. The molecule has 2 rings (SSSR count). The van der Waals surface area contributed by atoms with Crippen molar-refractivity contribution in [1.29, 1.82) is 0 Å². The molecule has 3 N–H and O–H groups in total. The number of carbonyl (C=O) groups is 2. The van der Waals surface area contributed by atoms with E-state index < -0.39 is 0 Å². The van der Waals surface area contributed by atoms with Crippen LogP contribution in [-0.4, -0.2) is 31.4 Å². The molecular formula is C15H21N3O2. The zero-order valence-electron chi connectivity index (χ0n) is 11.9. The molecule has 2 atom stereocenters. The van der Waals surface area contributed by atoms with Gasteiger partial charge in [0.05, 0.1) is 12.5 Å². The van der Waals surface area contributed by atoms with Crippen molar-refractivity contribution in [3.05, 3.63) is 29.8 Å². The molecule has 108 valence electrons. The zero-order valence-corrected chi connectivity index (χ0v) is 11.9. The molecule has 1 saturated heterocycles. The van der Waals surface area contributed by atoms with Gasteiger partial charge in [0.15, 0.2) is 0 Å².